The molecule has 2 aliphatic rings. The first-order chi connectivity index (χ1) is 13.8. The fourth-order valence-electron chi connectivity index (χ4n) is 3.77. The zero-order valence-corrected chi connectivity index (χ0v) is 17.3. The van der Waals surface area contributed by atoms with E-state index in [0.717, 1.165) is 11.1 Å². The second kappa shape index (κ2) is 7.68. The Labute approximate surface area is 170 Å². The highest BCUT2D eigenvalue weighted by Gasteiger charge is 2.31. The third-order valence-corrected chi connectivity index (χ3v) is 7.43. The minimum absolute atomic E-state index is 0.0708. The Balaban J connectivity index is 1.38. The molecule has 0 bridgehead atoms. The van der Waals surface area contributed by atoms with E-state index in [2.05, 4.69) is 5.32 Å². The smallest absolute Gasteiger partial charge is 0.251 e. The number of carbonyl (C=O) groups is 1. The molecule has 8 heteroatoms. The summed E-state index contributed by atoms with van der Waals surface area (Å²) in [7, 11) is -3.53. The number of ether oxygens (including phenoxy) is 2. The summed E-state index contributed by atoms with van der Waals surface area (Å²) < 4.78 is 38.1. The summed E-state index contributed by atoms with van der Waals surface area (Å²) >= 11 is 0. The van der Waals surface area contributed by atoms with Crippen molar-refractivity contribution < 1.29 is 22.7 Å². The van der Waals surface area contributed by atoms with Crippen LogP contribution in [0.15, 0.2) is 41.3 Å². The van der Waals surface area contributed by atoms with E-state index in [4.69, 9.17) is 9.47 Å². The van der Waals surface area contributed by atoms with Crippen LogP contribution < -0.4 is 14.8 Å². The van der Waals surface area contributed by atoms with Gasteiger partial charge in [-0.3, -0.25) is 4.79 Å². The van der Waals surface area contributed by atoms with Crippen molar-refractivity contribution in [1.29, 1.82) is 0 Å². The van der Waals surface area contributed by atoms with E-state index in [1.54, 1.807) is 24.3 Å². The molecule has 29 heavy (non-hydrogen) atoms. The van der Waals surface area contributed by atoms with Gasteiger partial charge in [-0.15, -0.1) is 0 Å². The number of hydrogen-bond acceptors (Lipinski definition) is 5. The second-order valence-corrected chi connectivity index (χ2v) is 9.40. The van der Waals surface area contributed by atoms with Gasteiger partial charge in [-0.25, -0.2) is 8.42 Å². The zero-order chi connectivity index (χ0) is 20.6. The van der Waals surface area contributed by atoms with Crippen molar-refractivity contribution in [1.82, 2.24) is 9.62 Å². The number of nitrogens with zero attached hydrogens (tertiary/aromatic N) is 1. The summed E-state index contributed by atoms with van der Waals surface area (Å²) in [5.74, 6) is 0.998. The van der Waals surface area contributed by atoms with Gasteiger partial charge in [0, 0.05) is 24.7 Å². The van der Waals surface area contributed by atoms with Crippen LogP contribution in [0.1, 0.15) is 34.3 Å². The van der Waals surface area contributed by atoms with E-state index in [9.17, 15) is 13.2 Å². The molecular formula is C21H24N2O5S. The molecule has 1 N–H and O–H groups in total. The zero-order valence-electron chi connectivity index (χ0n) is 16.5. The molecule has 0 atom stereocenters. The van der Waals surface area contributed by atoms with Crippen LogP contribution in [0.2, 0.25) is 0 Å². The highest BCUT2D eigenvalue weighted by Crippen LogP contribution is 2.32. The SMILES string of the molecule is Cc1ccc(S(=O)(=O)N2CCC(NC(=O)c3ccc4c(c3)OCO4)CC2)c(C)c1. The standard InChI is InChI=1S/C21H24N2O5S/c1-14-3-6-20(15(2)11-14)29(25,26)23-9-7-17(8-10-23)22-21(24)16-4-5-18-19(12-16)28-13-27-18/h3-6,11-12,17H,7-10,13H2,1-2H3,(H,22,24). The predicted molar refractivity (Wildman–Crippen MR) is 108 cm³/mol. The third-order valence-electron chi connectivity index (χ3n) is 5.37. The Morgan fingerprint density at radius 1 is 1.03 bits per heavy atom. The van der Waals surface area contributed by atoms with Crippen molar-refractivity contribution in [3.63, 3.8) is 0 Å². The van der Waals surface area contributed by atoms with Crippen molar-refractivity contribution in [2.45, 2.75) is 37.6 Å². The highest BCUT2D eigenvalue weighted by atomic mass is 32.2. The molecule has 0 unspecified atom stereocenters. The lowest BCUT2D eigenvalue weighted by Gasteiger charge is -2.32. The Morgan fingerprint density at radius 2 is 1.76 bits per heavy atom. The van der Waals surface area contributed by atoms with Crippen molar-refractivity contribution in [2.24, 2.45) is 0 Å². The second-order valence-electron chi connectivity index (χ2n) is 7.49. The molecule has 0 radical (unpaired) electrons. The van der Waals surface area contributed by atoms with Gasteiger partial charge in [0.25, 0.3) is 5.91 Å². The van der Waals surface area contributed by atoms with Crippen molar-refractivity contribution >= 4 is 15.9 Å². The number of aryl methyl sites for hydroxylation is 2. The van der Waals surface area contributed by atoms with Crippen LogP contribution in [0.25, 0.3) is 0 Å². The lowest BCUT2D eigenvalue weighted by atomic mass is 10.1. The monoisotopic (exact) mass is 416 g/mol. The maximum atomic E-state index is 13.0. The van der Waals surface area contributed by atoms with Crippen molar-refractivity contribution in [2.75, 3.05) is 19.9 Å². The lowest BCUT2D eigenvalue weighted by Crippen LogP contribution is -2.46. The van der Waals surface area contributed by atoms with E-state index >= 15 is 0 Å². The largest absolute Gasteiger partial charge is 0.454 e. The number of rotatable bonds is 4. The topological polar surface area (TPSA) is 84.9 Å². The fourth-order valence-corrected chi connectivity index (χ4v) is 5.45. The van der Waals surface area contributed by atoms with Gasteiger partial charge < -0.3 is 14.8 Å². The molecule has 0 saturated carbocycles. The number of benzene rings is 2. The highest BCUT2D eigenvalue weighted by molar-refractivity contribution is 7.89. The third kappa shape index (κ3) is 3.95. The van der Waals surface area contributed by atoms with Gasteiger partial charge in [0.1, 0.15) is 0 Å². The van der Waals surface area contributed by atoms with Crippen LogP contribution in [-0.2, 0) is 10.0 Å². The van der Waals surface area contributed by atoms with E-state index in [0.29, 0.717) is 47.9 Å². The number of fused-ring (bicyclic) bond motifs is 1. The summed E-state index contributed by atoms with van der Waals surface area (Å²) in [5, 5.41) is 3.00. The Hall–Kier alpha value is -2.58. The van der Waals surface area contributed by atoms with E-state index in [1.165, 1.54) is 4.31 Å². The molecule has 7 nitrogen and oxygen atoms in total. The van der Waals surface area contributed by atoms with Crippen molar-refractivity contribution in [3.8, 4) is 11.5 Å². The summed E-state index contributed by atoms with van der Waals surface area (Å²) in [4.78, 5) is 12.9. The van der Waals surface area contributed by atoms with Gasteiger partial charge in [0.15, 0.2) is 11.5 Å². The van der Waals surface area contributed by atoms with Crippen molar-refractivity contribution in [3.05, 3.63) is 53.1 Å². The first kappa shape index (κ1) is 19.7. The molecular weight excluding hydrogens is 392 g/mol. The average molecular weight is 416 g/mol. The summed E-state index contributed by atoms with van der Waals surface area (Å²) in [6.45, 7) is 4.67. The number of carbonyl (C=O) groups excluding carboxylic acids is 1. The molecule has 0 spiro atoms. The molecule has 0 aromatic heterocycles. The van der Waals surface area contributed by atoms with Gasteiger partial charge >= 0.3 is 0 Å². The van der Waals surface area contributed by atoms with Gasteiger partial charge in [0.05, 0.1) is 4.90 Å². The van der Waals surface area contributed by atoms with Crippen LogP contribution >= 0.6 is 0 Å². The van der Waals surface area contributed by atoms with Crippen LogP contribution in [0, 0.1) is 13.8 Å². The number of sulfonamides is 1. The number of amides is 1. The Bertz CT molecular complexity index is 1040. The van der Waals surface area contributed by atoms with Crippen LogP contribution in [-0.4, -0.2) is 44.6 Å². The minimum atomic E-state index is -3.53. The Kier molecular flexibility index (Phi) is 5.23. The van der Waals surface area contributed by atoms with E-state index in [-0.39, 0.29) is 18.7 Å². The summed E-state index contributed by atoms with van der Waals surface area (Å²) in [5.41, 5.74) is 2.29. The molecule has 154 valence electrons. The normalized spacial score (nSPS) is 17.3. The van der Waals surface area contributed by atoms with Gasteiger partial charge in [-0.2, -0.15) is 4.31 Å². The minimum Gasteiger partial charge on any atom is -0.454 e. The fraction of sp³-hybridized carbons (Fsp3) is 0.381. The van der Waals surface area contributed by atoms with Gasteiger partial charge in [0.2, 0.25) is 16.8 Å². The molecule has 2 aromatic carbocycles. The molecule has 0 aliphatic carbocycles. The lowest BCUT2D eigenvalue weighted by molar-refractivity contribution is 0.0923. The van der Waals surface area contributed by atoms with Gasteiger partial charge in [-0.1, -0.05) is 17.7 Å². The molecule has 1 saturated heterocycles. The first-order valence-electron chi connectivity index (χ1n) is 9.62. The molecule has 4 rings (SSSR count). The summed E-state index contributed by atoms with van der Waals surface area (Å²) in [6, 6.07) is 10.4. The van der Waals surface area contributed by atoms with Crippen LogP contribution in [0.3, 0.4) is 0 Å². The number of nitrogens with one attached hydrogen (secondary N) is 1. The van der Waals surface area contributed by atoms with E-state index in [1.807, 2.05) is 26.0 Å². The number of hydrogen-bond donors (Lipinski definition) is 1. The van der Waals surface area contributed by atoms with Crippen LogP contribution in [0.5, 0.6) is 11.5 Å². The van der Waals surface area contributed by atoms with Gasteiger partial charge in [-0.05, 0) is 56.5 Å². The summed E-state index contributed by atoms with van der Waals surface area (Å²) in [6.07, 6.45) is 1.14. The number of piperidine rings is 1. The molecule has 2 aromatic rings. The maximum Gasteiger partial charge on any atom is 0.251 e. The molecule has 1 fully saturated rings. The van der Waals surface area contributed by atoms with Crippen LogP contribution in [0.4, 0.5) is 0 Å². The average Bonchev–Trinajstić information content (AvgIpc) is 3.16. The molecule has 2 aliphatic heterocycles. The predicted octanol–water partition coefficient (Wildman–Crippen LogP) is 2.62. The molecule has 1 amide bonds. The Morgan fingerprint density at radius 3 is 2.48 bits per heavy atom. The first-order valence-corrected chi connectivity index (χ1v) is 11.1. The van der Waals surface area contributed by atoms with E-state index < -0.39 is 10.0 Å². The maximum absolute atomic E-state index is 13.0. The molecule has 2 heterocycles. The quantitative estimate of drug-likeness (QED) is 0.828.